The van der Waals surface area contributed by atoms with E-state index in [0.717, 1.165) is 30.2 Å². The van der Waals surface area contributed by atoms with Crippen molar-refractivity contribution < 1.29 is 22.7 Å². The molecule has 0 spiro atoms. The second kappa shape index (κ2) is 6.90. The highest BCUT2D eigenvalue weighted by molar-refractivity contribution is 5.68. The molecule has 0 aliphatic carbocycles. The van der Waals surface area contributed by atoms with Crippen LogP contribution in [-0.2, 0) is 30.4 Å². The van der Waals surface area contributed by atoms with Crippen molar-refractivity contribution in [2.45, 2.75) is 58.5 Å². The fraction of sp³-hybridized carbons (Fsp3) is 0.474. The molecule has 0 saturated carbocycles. The van der Waals surface area contributed by atoms with Crippen molar-refractivity contribution in [2.75, 3.05) is 0 Å². The molecule has 0 unspecified atom stereocenters. The molecule has 1 aromatic carbocycles. The van der Waals surface area contributed by atoms with Crippen LogP contribution in [0.1, 0.15) is 44.0 Å². The maximum absolute atomic E-state index is 13.0. The van der Waals surface area contributed by atoms with E-state index >= 15 is 0 Å². The minimum Gasteiger partial charge on any atom is -0.444 e. The van der Waals surface area contributed by atoms with Gasteiger partial charge in [-0.25, -0.2) is 9.78 Å². The van der Waals surface area contributed by atoms with Crippen LogP contribution in [0.15, 0.2) is 24.4 Å². The Bertz CT molecular complexity index is 851. The van der Waals surface area contributed by atoms with E-state index in [1.807, 2.05) is 6.07 Å². The van der Waals surface area contributed by atoms with Gasteiger partial charge in [0, 0.05) is 24.8 Å². The average Bonchev–Trinajstić information content (AvgIpc) is 2.89. The fourth-order valence-corrected chi connectivity index (χ4v) is 3.05. The molecule has 0 saturated heterocycles. The summed E-state index contributed by atoms with van der Waals surface area (Å²) < 4.78 is 45.7. The molecule has 1 aromatic heterocycles. The SMILES string of the molecule is CC(C)(C)OC(=O)NCc1ccc2c(c1)CCCn1cc(C(F)(F)F)nc1-2. The molecule has 1 aliphatic heterocycles. The van der Waals surface area contributed by atoms with Crippen molar-refractivity contribution in [1.82, 2.24) is 14.9 Å². The maximum Gasteiger partial charge on any atom is 0.434 e. The van der Waals surface area contributed by atoms with Crippen LogP contribution < -0.4 is 5.32 Å². The normalized spacial score (nSPS) is 14.1. The van der Waals surface area contributed by atoms with Gasteiger partial charge in [0.05, 0.1) is 0 Å². The summed E-state index contributed by atoms with van der Waals surface area (Å²) in [4.78, 5) is 15.6. The van der Waals surface area contributed by atoms with Crippen LogP contribution in [0.5, 0.6) is 0 Å². The minimum atomic E-state index is -4.46. The molecule has 0 bridgehead atoms. The zero-order valence-electron chi connectivity index (χ0n) is 15.5. The van der Waals surface area contributed by atoms with Crippen molar-refractivity contribution in [2.24, 2.45) is 0 Å². The van der Waals surface area contributed by atoms with Gasteiger partial charge in [-0.1, -0.05) is 18.2 Å². The van der Waals surface area contributed by atoms with Crippen LogP contribution in [0.25, 0.3) is 11.4 Å². The molecule has 146 valence electrons. The minimum absolute atomic E-state index is 0.282. The van der Waals surface area contributed by atoms with Crippen LogP contribution in [0.2, 0.25) is 0 Å². The number of hydrogen-bond donors (Lipinski definition) is 1. The Labute approximate surface area is 155 Å². The third-order valence-corrected chi connectivity index (χ3v) is 4.16. The summed E-state index contributed by atoms with van der Waals surface area (Å²) in [7, 11) is 0. The first kappa shape index (κ1) is 19.3. The van der Waals surface area contributed by atoms with Crippen molar-refractivity contribution in [1.29, 1.82) is 0 Å². The van der Waals surface area contributed by atoms with Gasteiger partial charge >= 0.3 is 12.3 Å². The number of hydrogen-bond acceptors (Lipinski definition) is 3. The molecule has 1 N–H and O–H groups in total. The number of amides is 1. The Hall–Kier alpha value is -2.51. The van der Waals surface area contributed by atoms with Gasteiger partial charge in [0.1, 0.15) is 11.4 Å². The molecule has 0 radical (unpaired) electrons. The van der Waals surface area contributed by atoms with E-state index in [2.05, 4.69) is 10.3 Å². The standard InChI is InChI=1S/C19H22F3N3O2/c1-18(2,3)27-17(26)23-10-12-6-7-14-13(9-12)5-4-8-25-11-15(19(20,21)22)24-16(14)25/h6-7,9,11H,4-5,8,10H2,1-3H3,(H,23,26). The van der Waals surface area contributed by atoms with E-state index in [0.29, 0.717) is 17.9 Å². The second-order valence-electron chi connectivity index (χ2n) is 7.59. The van der Waals surface area contributed by atoms with Crippen LogP contribution in [0, 0.1) is 0 Å². The number of imidazole rings is 1. The predicted molar refractivity (Wildman–Crippen MR) is 94.1 cm³/mol. The Balaban J connectivity index is 1.80. The summed E-state index contributed by atoms with van der Waals surface area (Å²) in [6, 6.07) is 5.46. The van der Waals surface area contributed by atoms with Gasteiger partial charge in [0.15, 0.2) is 5.69 Å². The maximum atomic E-state index is 13.0. The Kier molecular flexibility index (Phi) is 4.92. The number of alkyl carbamates (subject to hydrolysis) is 1. The van der Waals surface area contributed by atoms with Gasteiger partial charge < -0.3 is 14.6 Å². The molecule has 3 rings (SSSR count). The van der Waals surface area contributed by atoms with Crippen LogP contribution >= 0.6 is 0 Å². The number of carbonyl (C=O) groups excluding carboxylic acids is 1. The van der Waals surface area contributed by atoms with E-state index in [1.54, 1.807) is 37.5 Å². The molecule has 8 heteroatoms. The lowest BCUT2D eigenvalue weighted by molar-refractivity contribution is -0.140. The zero-order valence-corrected chi connectivity index (χ0v) is 15.5. The molecular weight excluding hydrogens is 359 g/mol. The quantitative estimate of drug-likeness (QED) is 0.831. The summed E-state index contributed by atoms with van der Waals surface area (Å²) in [6.45, 7) is 6.12. The number of nitrogens with zero attached hydrogens (tertiary/aromatic N) is 2. The van der Waals surface area contributed by atoms with E-state index < -0.39 is 23.6 Å². The van der Waals surface area contributed by atoms with Gasteiger partial charge in [-0.15, -0.1) is 0 Å². The molecule has 1 aliphatic rings. The lowest BCUT2D eigenvalue weighted by Gasteiger charge is -2.19. The highest BCUT2D eigenvalue weighted by atomic mass is 19.4. The molecule has 2 aromatic rings. The average molecular weight is 381 g/mol. The van der Waals surface area contributed by atoms with Crippen molar-refractivity contribution in [3.8, 4) is 11.4 Å². The number of fused-ring (bicyclic) bond motifs is 3. The second-order valence-corrected chi connectivity index (χ2v) is 7.59. The van der Waals surface area contributed by atoms with Gasteiger partial charge in [-0.3, -0.25) is 0 Å². The highest BCUT2D eigenvalue weighted by Crippen LogP contribution is 2.34. The van der Waals surface area contributed by atoms with Crippen LogP contribution in [0.4, 0.5) is 18.0 Å². The summed E-state index contributed by atoms with van der Waals surface area (Å²) in [5, 5.41) is 2.69. The Morgan fingerprint density at radius 3 is 2.70 bits per heavy atom. The third-order valence-electron chi connectivity index (χ3n) is 4.16. The summed E-state index contributed by atoms with van der Waals surface area (Å²) in [5.41, 5.74) is 1.03. The number of aromatic nitrogens is 2. The number of halogens is 3. The highest BCUT2D eigenvalue weighted by Gasteiger charge is 2.35. The van der Waals surface area contributed by atoms with Gasteiger partial charge in [-0.2, -0.15) is 13.2 Å². The lowest BCUT2D eigenvalue weighted by atomic mass is 10.0. The number of alkyl halides is 3. The van der Waals surface area contributed by atoms with Crippen molar-refractivity contribution >= 4 is 6.09 Å². The third kappa shape index (κ3) is 4.61. The first-order valence-electron chi connectivity index (χ1n) is 8.76. The van der Waals surface area contributed by atoms with Gasteiger partial charge in [0.2, 0.25) is 0 Å². The number of ether oxygens (including phenoxy) is 1. The molecular formula is C19H22F3N3O2. The molecule has 0 fully saturated rings. The van der Waals surface area contributed by atoms with Crippen molar-refractivity contribution in [3.63, 3.8) is 0 Å². The number of aryl methyl sites for hydroxylation is 2. The Morgan fingerprint density at radius 1 is 1.30 bits per heavy atom. The molecule has 27 heavy (non-hydrogen) atoms. The monoisotopic (exact) mass is 381 g/mol. The van der Waals surface area contributed by atoms with E-state index in [4.69, 9.17) is 4.74 Å². The summed E-state index contributed by atoms with van der Waals surface area (Å²) in [5.74, 6) is 0.335. The zero-order chi connectivity index (χ0) is 19.8. The first-order chi connectivity index (χ1) is 12.5. The molecule has 5 nitrogen and oxygen atoms in total. The first-order valence-corrected chi connectivity index (χ1v) is 8.76. The van der Waals surface area contributed by atoms with Crippen LogP contribution in [-0.4, -0.2) is 21.2 Å². The fourth-order valence-electron chi connectivity index (χ4n) is 3.05. The topological polar surface area (TPSA) is 56.1 Å². The van der Waals surface area contributed by atoms with Crippen LogP contribution in [0.3, 0.4) is 0 Å². The number of nitrogens with one attached hydrogen (secondary N) is 1. The number of rotatable bonds is 2. The van der Waals surface area contributed by atoms with Crippen molar-refractivity contribution in [3.05, 3.63) is 41.2 Å². The molecule has 0 atom stereocenters. The van der Waals surface area contributed by atoms with E-state index in [-0.39, 0.29) is 6.54 Å². The molecule has 2 heterocycles. The van der Waals surface area contributed by atoms with Gasteiger partial charge in [-0.05, 0) is 44.7 Å². The predicted octanol–water partition coefficient (Wildman–Crippen LogP) is 4.54. The van der Waals surface area contributed by atoms with Gasteiger partial charge in [0.25, 0.3) is 0 Å². The summed E-state index contributed by atoms with van der Waals surface area (Å²) >= 11 is 0. The summed E-state index contributed by atoms with van der Waals surface area (Å²) in [6.07, 6.45) is -2.45. The lowest BCUT2D eigenvalue weighted by Crippen LogP contribution is -2.32. The van der Waals surface area contributed by atoms with E-state index in [1.165, 1.54) is 0 Å². The largest absolute Gasteiger partial charge is 0.444 e. The van der Waals surface area contributed by atoms with E-state index in [9.17, 15) is 18.0 Å². The Morgan fingerprint density at radius 2 is 2.04 bits per heavy atom. The molecule has 1 amide bonds. The number of carbonyl (C=O) groups is 1. The number of benzene rings is 1. The smallest absolute Gasteiger partial charge is 0.434 e.